The molecule has 1 amide bonds. The van der Waals surface area contributed by atoms with Gasteiger partial charge in [-0.15, -0.1) is 0 Å². The molecule has 3 aromatic rings. The number of nitrogens with zero attached hydrogens (tertiary/aromatic N) is 3. The van der Waals surface area contributed by atoms with E-state index in [0.717, 1.165) is 5.56 Å². The molecule has 0 unspecified atom stereocenters. The van der Waals surface area contributed by atoms with Crippen LogP contribution in [-0.4, -0.2) is 47.0 Å². The fourth-order valence-electron chi connectivity index (χ4n) is 2.76. The van der Waals surface area contributed by atoms with Crippen molar-refractivity contribution >= 4 is 34.4 Å². The largest absolute Gasteiger partial charge is 0.495 e. The molecular formula is C20H22N4O4S. The number of carbonyl (C=O) groups is 1. The molecule has 0 bridgehead atoms. The Morgan fingerprint density at radius 1 is 1.28 bits per heavy atom. The molecule has 1 N–H and O–H groups in total. The van der Waals surface area contributed by atoms with E-state index >= 15 is 0 Å². The Kier molecular flexibility index (Phi) is 6.84. The maximum absolute atomic E-state index is 12.8. The van der Waals surface area contributed by atoms with Crippen molar-refractivity contribution in [3.8, 4) is 5.75 Å². The Morgan fingerprint density at radius 2 is 2.10 bits per heavy atom. The highest BCUT2D eigenvalue weighted by molar-refractivity contribution is 7.99. The molecule has 0 saturated heterocycles. The SMILES string of the molecule is COCCn1c(SCC(=O)Nc2cc(C)ccc2OC)nc2ncccc2c1=O. The van der Waals surface area contributed by atoms with E-state index in [1.54, 1.807) is 38.6 Å². The Morgan fingerprint density at radius 3 is 2.86 bits per heavy atom. The van der Waals surface area contributed by atoms with Gasteiger partial charge in [0, 0.05) is 13.3 Å². The van der Waals surface area contributed by atoms with Gasteiger partial charge in [0.25, 0.3) is 5.56 Å². The number of rotatable bonds is 8. The lowest BCUT2D eigenvalue weighted by atomic mass is 10.2. The molecular weight excluding hydrogens is 392 g/mol. The molecule has 0 aliphatic rings. The average Bonchev–Trinajstić information content (AvgIpc) is 2.72. The maximum Gasteiger partial charge on any atom is 0.263 e. The van der Waals surface area contributed by atoms with Crippen LogP contribution in [-0.2, 0) is 16.1 Å². The first-order chi connectivity index (χ1) is 14.0. The Hall–Kier alpha value is -2.91. The Bertz CT molecular complexity index is 1080. The number of nitrogens with one attached hydrogen (secondary N) is 1. The van der Waals surface area contributed by atoms with Gasteiger partial charge in [0.1, 0.15) is 5.75 Å². The van der Waals surface area contributed by atoms with Crippen LogP contribution in [0.25, 0.3) is 11.0 Å². The van der Waals surface area contributed by atoms with Gasteiger partial charge < -0.3 is 14.8 Å². The molecule has 0 saturated carbocycles. The molecule has 0 aliphatic heterocycles. The summed E-state index contributed by atoms with van der Waals surface area (Å²) in [7, 11) is 3.12. The number of hydrogen-bond donors (Lipinski definition) is 1. The number of amides is 1. The van der Waals surface area contributed by atoms with Crippen LogP contribution in [0, 0.1) is 6.92 Å². The molecule has 29 heavy (non-hydrogen) atoms. The van der Waals surface area contributed by atoms with Crippen LogP contribution in [0.5, 0.6) is 5.75 Å². The van der Waals surface area contributed by atoms with Gasteiger partial charge >= 0.3 is 0 Å². The van der Waals surface area contributed by atoms with Crippen molar-refractivity contribution in [1.29, 1.82) is 0 Å². The summed E-state index contributed by atoms with van der Waals surface area (Å²) in [6.45, 7) is 2.63. The lowest BCUT2D eigenvalue weighted by molar-refractivity contribution is -0.113. The molecule has 2 heterocycles. The fraction of sp³-hybridized carbons (Fsp3) is 0.300. The van der Waals surface area contributed by atoms with E-state index in [2.05, 4.69) is 15.3 Å². The highest BCUT2D eigenvalue weighted by atomic mass is 32.2. The predicted octanol–water partition coefficient (Wildman–Crippen LogP) is 2.49. The van der Waals surface area contributed by atoms with E-state index in [1.165, 1.54) is 16.3 Å². The molecule has 0 radical (unpaired) electrons. The molecule has 9 heteroatoms. The normalized spacial score (nSPS) is 10.9. The zero-order valence-corrected chi connectivity index (χ0v) is 17.3. The number of aromatic nitrogens is 3. The maximum atomic E-state index is 12.8. The van der Waals surface area contributed by atoms with Crippen molar-refractivity contribution in [2.75, 3.05) is 31.9 Å². The summed E-state index contributed by atoms with van der Waals surface area (Å²) < 4.78 is 11.9. The summed E-state index contributed by atoms with van der Waals surface area (Å²) in [5, 5.41) is 3.70. The number of pyridine rings is 1. The second-order valence-corrected chi connectivity index (χ2v) is 7.20. The summed E-state index contributed by atoms with van der Waals surface area (Å²) in [6, 6.07) is 8.93. The zero-order chi connectivity index (χ0) is 20.8. The lowest BCUT2D eigenvalue weighted by Gasteiger charge is -2.13. The lowest BCUT2D eigenvalue weighted by Crippen LogP contribution is -2.26. The molecule has 8 nitrogen and oxygen atoms in total. The number of benzene rings is 1. The molecule has 0 fully saturated rings. The van der Waals surface area contributed by atoms with Gasteiger partial charge in [-0.25, -0.2) is 9.97 Å². The number of ether oxygens (including phenoxy) is 2. The summed E-state index contributed by atoms with van der Waals surface area (Å²) in [5.41, 5.74) is 1.75. The summed E-state index contributed by atoms with van der Waals surface area (Å²) in [4.78, 5) is 33.9. The minimum atomic E-state index is -0.229. The van der Waals surface area contributed by atoms with Gasteiger partial charge in [-0.2, -0.15) is 0 Å². The first-order valence-corrected chi connectivity index (χ1v) is 9.94. The van der Waals surface area contributed by atoms with Gasteiger partial charge in [0.2, 0.25) is 5.91 Å². The Labute approximate surface area is 172 Å². The van der Waals surface area contributed by atoms with E-state index in [4.69, 9.17) is 9.47 Å². The van der Waals surface area contributed by atoms with Crippen molar-refractivity contribution in [3.63, 3.8) is 0 Å². The van der Waals surface area contributed by atoms with Crippen molar-refractivity contribution in [2.24, 2.45) is 0 Å². The number of methoxy groups -OCH3 is 2. The molecule has 0 atom stereocenters. The first-order valence-electron chi connectivity index (χ1n) is 8.95. The van der Waals surface area contributed by atoms with E-state index in [0.29, 0.717) is 40.8 Å². The van der Waals surface area contributed by atoms with E-state index < -0.39 is 0 Å². The highest BCUT2D eigenvalue weighted by Gasteiger charge is 2.15. The first kappa shape index (κ1) is 20.8. The van der Waals surface area contributed by atoms with Gasteiger partial charge in [0.15, 0.2) is 10.8 Å². The standard InChI is InChI=1S/C20H22N4O4S/c1-13-6-7-16(28-3)15(11-13)22-17(25)12-29-20-23-18-14(5-4-8-21-18)19(26)24(20)9-10-27-2/h4-8,11H,9-10,12H2,1-3H3,(H,22,25). The third-order valence-corrected chi connectivity index (χ3v) is 5.15. The minimum absolute atomic E-state index is 0.0782. The third-order valence-electron chi connectivity index (χ3n) is 4.18. The van der Waals surface area contributed by atoms with Crippen LogP contribution in [0.15, 0.2) is 46.5 Å². The van der Waals surface area contributed by atoms with E-state index in [-0.39, 0.29) is 17.2 Å². The van der Waals surface area contributed by atoms with Crippen LogP contribution >= 0.6 is 11.8 Å². The summed E-state index contributed by atoms with van der Waals surface area (Å²) in [5.74, 6) is 0.432. The fourth-order valence-corrected chi connectivity index (χ4v) is 3.58. The second kappa shape index (κ2) is 9.53. The zero-order valence-electron chi connectivity index (χ0n) is 16.5. The second-order valence-electron chi connectivity index (χ2n) is 6.26. The van der Waals surface area contributed by atoms with Crippen LogP contribution in [0.2, 0.25) is 0 Å². The number of aryl methyl sites for hydroxylation is 1. The third kappa shape index (κ3) is 4.93. The van der Waals surface area contributed by atoms with Crippen molar-refractivity contribution in [1.82, 2.24) is 14.5 Å². The number of thioether (sulfide) groups is 1. The van der Waals surface area contributed by atoms with E-state index in [9.17, 15) is 9.59 Å². The molecule has 152 valence electrons. The quantitative estimate of drug-likeness (QED) is 0.447. The number of fused-ring (bicyclic) bond motifs is 1. The van der Waals surface area contributed by atoms with Gasteiger partial charge in [-0.3, -0.25) is 14.2 Å². The summed E-state index contributed by atoms with van der Waals surface area (Å²) >= 11 is 1.17. The molecule has 3 rings (SSSR count). The van der Waals surface area contributed by atoms with Crippen LogP contribution in [0.4, 0.5) is 5.69 Å². The van der Waals surface area contributed by atoms with Gasteiger partial charge in [0.05, 0.1) is 37.1 Å². The Balaban J connectivity index is 1.81. The highest BCUT2D eigenvalue weighted by Crippen LogP contribution is 2.26. The predicted molar refractivity (Wildman–Crippen MR) is 113 cm³/mol. The summed E-state index contributed by atoms with van der Waals surface area (Å²) in [6.07, 6.45) is 1.58. The number of hydrogen-bond acceptors (Lipinski definition) is 7. The smallest absolute Gasteiger partial charge is 0.263 e. The number of anilines is 1. The number of carbonyl (C=O) groups excluding carboxylic acids is 1. The van der Waals surface area contributed by atoms with Crippen molar-refractivity contribution < 1.29 is 14.3 Å². The molecule has 0 spiro atoms. The molecule has 2 aromatic heterocycles. The minimum Gasteiger partial charge on any atom is -0.495 e. The van der Waals surface area contributed by atoms with Crippen molar-refractivity contribution in [2.45, 2.75) is 18.6 Å². The van der Waals surface area contributed by atoms with Gasteiger partial charge in [-0.05, 0) is 36.8 Å². The van der Waals surface area contributed by atoms with Crippen LogP contribution < -0.4 is 15.6 Å². The molecule has 1 aromatic carbocycles. The van der Waals surface area contributed by atoms with Crippen molar-refractivity contribution in [3.05, 3.63) is 52.4 Å². The molecule has 0 aliphatic carbocycles. The average molecular weight is 414 g/mol. The van der Waals surface area contributed by atoms with Gasteiger partial charge in [-0.1, -0.05) is 17.8 Å². The van der Waals surface area contributed by atoms with Crippen LogP contribution in [0.3, 0.4) is 0 Å². The van der Waals surface area contributed by atoms with E-state index in [1.807, 2.05) is 19.1 Å². The van der Waals surface area contributed by atoms with Crippen LogP contribution in [0.1, 0.15) is 5.56 Å². The topological polar surface area (TPSA) is 95.3 Å². The monoisotopic (exact) mass is 414 g/mol.